The van der Waals surface area contributed by atoms with Gasteiger partial charge in [-0.25, -0.2) is 9.59 Å². The van der Waals surface area contributed by atoms with E-state index in [4.69, 9.17) is 9.84 Å². The molecule has 1 aliphatic carbocycles. The SMILES string of the molecule is CC(C)(C)OC(=O)N[C@@H](CC1CC(C(F)(F)F)C1)C(=O)O. The summed E-state index contributed by atoms with van der Waals surface area (Å²) in [5.74, 6) is -3.00. The number of amides is 1. The van der Waals surface area contributed by atoms with E-state index in [0.29, 0.717) is 0 Å². The molecular formula is C13H20F3NO4. The topological polar surface area (TPSA) is 75.6 Å². The van der Waals surface area contributed by atoms with Gasteiger partial charge in [0.2, 0.25) is 0 Å². The summed E-state index contributed by atoms with van der Waals surface area (Å²) in [5, 5.41) is 11.2. The average molecular weight is 311 g/mol. The predicted molar refractivity (Wildman–Crippen MR) is 67.7 cm³/mol. The zero-order valence-corrected chi connectivity index (χ0v) is 12.2. The second-order valence-corrected chi connectivity index (χ2v) is 6.35. The normalized spacial score (nSPS) is 23.9. The van der Waals surface area contributed by atoms with Crippen LogP contribution in [0.15, 0.2) is 0 Å². The third-order valence-electron chi connectivity index (χ3n) is 3.26. The first-order valence-electron chi connectivity index (χ1n) is 6.67. The fourth-order valence-corrected chi connectivity index (χ4v) is 2.20. The lowest BCUT2D eigenvalue weighted by Crippen LogP contribution is -2.46. The number of ether oxygens (including phenoxy) is 1. The molecule has 8 heteroatoms. The van der Waals surface area contributed by atoms with Crippen molar-refractivity contribution >= 4 is 12.1 Å². The Balaban J connectivity index is 2.46. The molecule has 0 bridgehead atoms. The van der Waals surface area contributed by atoms with Gasteiger partial charge in [0.1, 0.15) is 11.6 Å². The number of alkyl halides is 3. The van der Waals surface area contributed by atoms with Crippen LogP contribution in [0.1, 0.15) is 40.0 Å². The van der Waals surface area contributed by atoms with Gasteiger partial charge in [-0.1, -0.05) is 0 Å². The summed E-state index contributed by atoms with van der Waals surface area (Å²) < 4.78 is 42.0. The van der Waals surface area contributed by atoms with Gasteiger partial charge in [0, 0.05) is 0 Å². The number of hydrogen-bond donors (Lipinski definition) is 2. The van der Waals surface area contributed by atoms with E-state index in [2.05, 4.69) is 5.32 Å². The van der Waals surface area contributed by atoms with Crippen LogP contribution in [-0.4, -0.2) is 35.0 Å². The number of carboxylic acids is 1. The lowest BCUT2D eigenvalue weighted by atomic mass is 9.71. The number of aliphatic carboxylic acids is 1. The molecule has 1 fully saturated rings. The molecule has 0 saturated heterocycles. The highest BCUT2D eigenvalue weighted by Crippen LogP contribution is 2.46. The molecule has 0 radical (unpaired) electrons. The monoisotopic (exact) mass is 311 g/mol. The van der Waals surface area contributed by atoms with Crippen LogP contribution in [0, 0.1) is 11.8 Å². The molecule has 0 heterocycles. The molecule has 5 nitrogen and oxygen atoms in total. The maximum Gasteiger partial charge on any atom is 0.408 e. The summed E-state index contributed by atoms with van der Waals surface area (Å²) in [7, 11) is 0. The van der Waals surface area contributed by atoms with E-state index in [1.807, 2.05) is 0 Å². The van der Waals surface area contributed by atoms with Gasteiger partial charge in [-0.2, -0.15) is 13.2 Å². The number of halogens is 3. The fourth-order valence-electron chi connectivity index (χ4n) is 2.20. The lowest BCUT2D eigenvalue weighted by molar-refractivity contribution is -0.205. The van der Waals surface area contributed by atoms with E-state index >= 15 is 0 Å². The Morgan fingerprint density at radius 2 is 1.81 bits per heavy atom. The van der Waals surface area contributed by atoms with E-state index in [0.717, 1.165) is 0 Å². The third-order valence-corrected chi connectivity index (χ3v) is 3.26. The number of alkyl carbamates (subject to hydrolysis) is 1. The number of carbonyl (C=O) groups excluding carboxylic acids is 1. The van der Waals surface area contributed by atoms with Gasteiger partial charge in [0.05, 0.1) is 5.92 Å². The van der Waals surface area contributed by atoms with Crippen LogP contribution in [0.2, 0.25) is 0 Å². The summed E-state index contributed by atoms with van der Waals surface area (Å²) >= 11 is 0. The maximum atomic E-state index is 12.4. The average Bonchev–Trinajstić information content (AvgIpc) is 2.15. The van der Waals surface area contributed by atoms with E-state index in [9.17, 15) is 22.8 Å². The third kappa shape index (κ3) is 5.81. The van der Waals surface area contributed by atoms with Gasteiger partial charge in [0.25, 0.3) is 0 Å². The zero-order chi connectivity index (χ0) is 16.4. The number of carboxylic acid groups (broad SMARTS) is 1. The van der Waals surface area contributed by atoms with Gasteiger partial charge in [-0.3, -0.25) is 0 Å². The second kappa shape index (κ2) is 6.11. The summed E-state index contributed by atoms with van der Waals surface area (Å²) in [6, 6.07) is -1.24. The van der Waals surface area contributed by atoms with Crippen molar-refractivity contribution in [2.24, 2.45) is 11.8 Å². The van der Waals surface area contributed by atoms with Crippen molar-refractivity contribution in [1.29, 1.82) is 0 Å². The van der Waals surface area contributed by atoms with Crippen LogP contribution in [0.4, 0.5) is 18.0 Å². The van der Waals surface area contributed by atoms with Crippen molar-refractivity contribution in [3.05, 3.63) is 0 Å². The van der Waals surface area contributed by atoms with Crippen LogP contribution in [0.5, 0.6) is 0 Å². The Labute approximate surface area is 120 Å². The minimum Gasteiger partial charge on any atom is -0.480 e. The molecule has 21 heavy (non-hydrogen) atoms. The first-order chi connectivity index (χ1) is 9.38. The van der Waals surface area contributed by atoms with Crippen LogP contribution >= 0.6 is 0 Å². The summed E-state index contributed by atoms with van der Waals surface area (Å²) in [6.07, 6.45) is -5.33. The highest BCUT2D eigenvalue weighted by Gasteiger charge is 2.48. The standard InChI is InChI=1S/C13H20F3NO4/c1-12(2,3)21-11(20)17-9(10(18)19)6-7-4-8(5-7)13(14,15)16/h7-9H,4-6H2,1-3H3,(H,17,20)(H,18,19)/t7?,8?,9-/m0/s1. The molecule has 122 valence electrons. The first kappa shape index (κ1) is 17.6. The molecule has 1 rings (SSSR count). The molecule has 1 amide bonds. The Kier molecular flexibility index (Phi) is 5.11. The van der Waals surface area contributed by atoms with Gasteiger partial charge >= 0.3 is 18.2 Å². The fraction of sp³-hybridized carbons (Fsp3) is 0.846. The minimum atomic E-state index is -4.23. The van der Waals surface area contributed by atoms with Gasteiger partial charge in [-0.05, 0) is 46.0 Å². The smallest absolute Gasteiger partial charge is 0.408 e. The van der Waals surface area contributed by atoms with Crippen molar-refractivity contribution in [3.63, 3.8) is 0 Å². The molecule has 0 spiro atoms. The van der Waals surface area contributed by atoms with Crippen molar-refractivity contribution in [3.8, 4) is 0 Å². The Morgan fingerprint density at radius 1 is 1.29 bits per heavy atom. The van der Waals surface area contributed by atoms with Gasteiger partial charge in [0.15, 0.2) is 0 Å². The Hall–Kier alpha value is -1.47. The highest BCUT2D eigenvalue weighted by molar-refractivity contribution is 5.80. The molecule has 0 unspecified atom stereocenters. The summed E-state index contributed by atoms with van der Waals surface area (Å²) in [4.78, 5) is 22.6. The van der Waals surface area contributed by atoms with Crippen LogP contribution in [0.25, 0.3) is 0 Å². The minimum absolute atomic E-state index is 0.0266. The Morgan fingerprint density at radius 3 is 2.19 bits per heavy atom. The molecule has 2 N–H and O–H groups in total. The molecule has 0 aromatic rings. The summed E-state index contributed by atoms with van der Waals surface area (Å²) in [5.41, 5.74) is -0.773. The maximum absolute atomic E-state index is 12.4. The lowest BCUT2D eigenvalue weighted by Gasteiger charge is -2.37. The predicted octanol–water partition coefficient (Wildman–Crippen LogP) is 2.94. The number of carbonyl (C=O) groups is 2. The van der Waals surface area contributed by atoms with E-state index in [1.165, 1.54) is 0 Å². The van der Waals surface area contributed by atoms with Crippen molar-refractivity contribution in [2.75, 3.05) is 0 Å². The van der Waals surface area contributed by atoms with E-state index < -0.39 is 35.8 Å². The quantitative estimate of drug-likeness (QED) is 0.837. The highest BCUT2D eigenvalue weighted by atomic mass is 19.4. The molecule has 1 saturated carbocycles. The van der Waals surface area contributed by atoms with Crippen molar-refractivity contribution < 1.29 is 32.6 Å². The van der Waals surface area contributed by atoms with Crippen molar-refractivity contribution in [2.45, 2.75) is 57.9 Å². The molecular weight excluding hydrogens is 291 g/mol. The van der Waals surface area contributed by atoms with E-state index in [1.54, 1.807) is 20.8 Å². The second-order valence-electron chi connectivity index (χ2n) is 6.35. The first-order valence-corrected chi connectivity index (χ1v) is 6.67. The number of hydrogen-bond acceptors (Lipinski definition) is 3. The number of rotatable bonds is 4. The summed E-state index contributed by atoms with van der Waals surface area (Å²) in [6.45, 7) is 4.88. The molecule has 0 aliphatic heterocycles. The molecule has 0 aromatic heterocycles. The molecule has 0 aromatic carbocycles. The van der Waals surface area contributed by atoms with Crippen molar-refractivity contribution in [1.82, 2.24) is 5.32 Å². The van der Waals surface area contributed by atoms with E-state index in [-0.39, 0.29) is 25.2 Å². The number of nitrogens with one attached hydrogen (secondary N) is 1. The van der Waals surface area contributed by atoms with Crippen LogP contribution in [0.3, 0.4) is 0 Å². The largest absolute Gasteiger partial charge is 0.480 e. The van der Waals surface area contributed by atoms with Gasteiger partial charge < -0.3 is 15.2 Å². The van der Waals surface area contributed by atoms with Crippen LogP contribution < -0.4 is 5.32 Å². The molecule has 1 aliphatic rings. The van der Waals surface area contributed by atoms with Crippen LogP contribution in [-0.2, 0) is 9.53 Å². The Bertz CT molecular complexity index is 397. The zero-order valence-electron chi connectivity index (χ0n) is 12.2. The molecule has 1 atom stereocenters. The van der Waals surface area contributed by atoms with Gasteiger partial charge in [-0.15, -0.1) is 0 Å².